The molecule has 6 heteroatoms. The molecule has 1 aliphatic carbocycles. The molecule has 1 aliphatic heterocycles. The molecule has 0 radical (unpaired) electrons. The number of piperidine rings is 1. The van der Waals surface area contributed by atoms with Crippen molar-refractivity contribution < 1.29 is 8.42 Å². The van der Waals surface area contributed by atoms with Gasteiger partial charge in [-0.25, -0.2) is 4.72 Å². The predicted octanol–water partition coefficient (Wildman–Crippen LogP) is 2.35. The van der Waals surface area contributed by atoms with Gasteiger partial charge in [0.1, 0.15) is 0 Å². The number of rotatable bonds is 4. The number of nitrogens with zero attached hydrogens (tertiary/aromatic N) is 1. The van der Waals surface area contributed by atoms with E-state index in [1.165, 1.54) is 0 Å². The first-order chi connectivity index (χ1) is 8.97. The lowest BCUT2D eigenvalue weighted by molar-refractivity contribution is 0.275. The van der Waals surface area contributed by atoms with E-state index in [9.17, 15) is 8.42 Å². The maximum absolute atomic E-state index is 12.2. The Bertz CT molecular complexity index is 388. The molecular weight excluding hydrogens is 284 g/mol. The van der Waals surface area contributed by atoms with Crippen LogP contribution in [0, 0.1) is 11.8 Å². The van der Waals surface area contributed by atoms with Crippen molar-refractivity contribution in [2.45, 2.75) is 50.8 Å². The molecular formula is C13H25ClN2O2S. The van der Waals surface area contributed by atoms with Gasteiger partial charge in [-0.05, 0) is 43.9 Å². The Labute approximate surface area is 122 Å². The van der Waals surface area contributed by atoms with Gasteiger partial charge in [0.15, 0.2) is 0 Å². The Kier molecular flexibility index (Phi) is 5.52. The molecule has 0 bridgehead atoms. The Morgan fingerprint density at radius 2 is 2.05 bits per heavy atom. The van der Waals surface area contributed by atoms with Gasteiger partial charge < -0.3 is 0 Å². The van der Waals surface area contributed by atoms with Crippen LogP contribution in [0.1, 0.15) is 45.4 Å². The lowest BCUT2D eigenvalue weighted by Gasteiger charge is -2.31. The molecule has 2 fully saturated rings. The predicted molar refractivity (Wildman–Crippen MR) is 78.5 cm³/mol. The second-order valence-electron chi connectivity index (χ2n) is 6.09. The third-order valence-electron chi connectivity index (χ3n) is 4.23. The number of nitrogens with one attached hydrogen (secondary N) is 1. The molecule has 1 N–H and O–H groups in total. The van der Waals surface area contributed by atoms with Gasteiger partial charge in [0.25, 0.3) is 10.2 Å². The fourth-order valence-corrected chi connectivity index (χ4v) is 4.95. The van der Waals surface area contributed by atoms with E-state index in [0.717, 1.165) is 38.5 Å². The molecule has 3 unspecified atom stereocenters. The monoisotopic (exact) mass is 308 g/mol. The van der Waals surface area contributed by atoms with Crippen molar-refractivity contribution in [3.63, 3.8) is 0 Å². The van der Waals surface area contributed by atoms with Crippen LogP contribution < -0.4 is 4.72 Å². The second-order valence-corrected chi connectivity index (χ2v) is 8.46. The minimum Gasteiger partial charge on any atom is -0.202 e. The van der Waals surface area contributed by atoms with Crippen LogP contribution in [-0.2, 0) is 10.2 Å². The van der Waals surface area contributed by atoms with Gasteiger partial charge in [0.05, 0.1) is 0 Å². The number of halogens is 1. The highest BCUT2D eigenvalue weighted by Crippen LogP contribution is 2.27. The number of hydrogen-bond donors (Lipinski definition) is 1. The van der Waals surface area contributed by atoms with E-state index in [1.54, 1.807) is 4.31 Å². The average molecular weight is 309 g/mol. The van der Waals surface area contributed by atoms with Crippen LogP contribution in [0.25, 0.3) is 0 Å². The maximum atomic E-state index is 12.2. The summed E-state index contributed by atoms with van der Waals surface area (Å²) in [6.07, 6.45) is 6.29. The average Bonchev–Trinajstić information content (AvgIpc) is 2.37. The third-order valence-corrected chi connectivity index (χ3v) is 6.17. The molecule has 0 aromatic rings. The summed E-state index contributed by atoms with van der Waals surface area (Å²) in [6.45, 7) is 3.96. The SMILES string of the molecule is CC1CCCN(S(=O)(=O)NCC2CCCC(Cl)C2)C1. The quantitative estimate of drug-likeness (QED) is 0.811. The summed E-state index contributed by atoms with van der Waals surface area (Å²) in [5.74, 6) is 0.862. The van der Waals surface area contributed by atoms with Gasteiger partial charge in [-0.3, -0.25) is 0 Å². The highest BCUT2D eigenvalue weighted by atomic mass is 35.5. The van der Waals surface area contributed by atoms with Crippen LogP contribution in [0.5, 0.6) is 0 Å². The van der Waals surface area contributed by atoms with Crippen LogP contribution in [0.4, 0.5) is 0 Å². The number of alkyl halides is 1. The van der Waals surface area contributed by atoms with Crippen molar-refractivity contribution in [1.29, 1.82) is 0 Å². The standard InChI is InChI=1S/C13H25ClN2O2S/c1-11-4-3-7-16(10-11)19(17,18)15-9-12-5-2-6-13(14)8-12/h11-13,15H,2-10H2,1H3. The van der Waals surface area contributed by atoms with E-state index in [4.69, 9.17) is 11.6 Å². The minimum absolute atomic E-state index is 0.221. The fraction of sp³-hybridized carbons (Fsp3) is 1.00. The van der Waals surface area contributed by atoms with E-state index < -0.39 is 10.2 Å². The first-order valence-electron chi connectivity index (χ1n) is 7.36. The molecule has 0 aromatic carbocycles. The normalized spacial score (nSPS) is 34.3. The summed E-state index contributed by atoms with van der Waals surface area (Å²) in [5.41, 5.74) is 0. The van der Waals surface area contributed by atoms with Crippen molar-refractivity contribution in [1.82, 2.24) is 9.03 Å². The summed E-state index contributed by atoms with van der Waals surface area (Å²) in [6, 6.07) is 0. The van der Waals surface area contributed by atoms with E-state index >= 15 is 0 Å². The van der Waals surface area contributed by atoms with E-state index in [-0.39, 0.29) is 5.38 Å². The number of hydrogen-bond acceptors (Lipinski definition) is 2. The summed E-state index contributed by atoms with van der Waals surface area (Å²) < 4.78 is 28.9. The lowest BCUT2D eigenvalue weighted by Crippen LogP contribution is -2.47. The third kappa shape index (κ3) is 4.59. The zero-order valence-corrected chi connectivity index (χ0v) is 13.2. The Morgan fingerprint density at radius 3 is 2.74 bits per heavy atom. The smallest absolute Gasteiger partial charge is 0.202 e. The summed E-state index contributed by atoms with van der Waals surface area (Å²) in [4.78, 5) is 0. The second kappa shape index (κ2) is 6.74. The van der Waals surface area contributed by atoms with Crippen molar-refractivity contribution in [3.05, 3.63) is 0 Å². The van der Waals surface area contributed by atoms with E-state index in [2.05, 4.69) is 11.6 Å². The molecule has 0 amide bonds. The van der Waals surface area contributed by atoms with Crippen LogP contribution in [0.15, 0.2) is 0 Å². The molecule has 112 valence electrons. The molecule has 0 spiro atoms. The summed E-state index contributed by atoms with van der Waals surface area (Å²) in [7, 11) is -3.29. The highest BCUT2D eigenvalue weighted by molar-refractivity contribution is 7.87. The van der Waals surface area contributed by atoms with E-state index in [0.29, 0.717) is 31.5 Å². The van der Waals surface area contributed by atoms with Gasteiger partial charge in [0, 0.05) is 25.0 Å². The van der Waals surface area contributed by atoms with Gasteiger partial charge in [0.2, 0.25) is 0 Å². The van der Waals surface area contributed by atoms with Crippen molar-refractivity contribution in [2.75, 3.05) is 19.6 Å². The van der Waals surface area contributed by atoms with Crippen molar-refractivity contribution >= 4 is 21.8 Å². The first-order valence-corrected chi connectivity index (χ1v) is 9.24. The van der Waals surface area contributed by atoms with Gasteiger partial charge in [-0.2, -0.15) is 12.7 Å². The lowest BCUT2D eigenvalue weighted by atomic mass is 9.89. The maximum Gasteiger partial charge on any atom is 0.279 e. The highest BCUT2D eigenvalue weighted by Gasteiger charge is 2.28. The Hall–Kier alpha value is 0.160. The molecule has 1 heterocycles. The Balaban J connectivity index is 1.83. The summed E-state index contributed by atoms with van der Waals surface area (Å²) >= 11 is 6.14. The molecule has 2 aliphatic rings. The Morgan fingerprint density at radius 1 is 1.26 bits per heavy atom. The van der Waals surface area contributed by atoms with Crippen molar-refractivity contribution in [2.24, 2.45) is 11.8 Å². The van der Waals surface area contributed by atoms with Gasteiger partial charge in [-0.1, -0.05) is 13.3 Å². The molecule has 3 atom stereocenters. The van der Waals surface area contributed by atoms with Gasteiger partial charge in [-0.15, -0.1) is 11.6 Å². The minimum atomic E-state index is -3.29. The van der Waals surface area contributed by atoms with Gasteiger partial charge >= 0.3 is 0 Å². The van der Waals surface area contributed by atoms with Crippen LogP contribution in [0.2, 0.25) is 0 Å². The largest absolute Gasteiger partial charge is 0.279 e. The molecule has 0 aromatic heterocycles. The topological polar surface area (TPSA) is 49.4 Å². The van der Waals surface area contributed by atoms with Crippen LogP contribution in [-0.4, -0.2) is 37.7 Å². The van der Waals surface area contributed by atoms with Crippen LogP contribution in [0.3, 0.4) is 0 Å². The zero-order valence-electron chi connectivity index (χ0n) is 11.6. The molecule has 19 heavy (non-hydrogen) atoms. The molecule has 2 rings (SSSR count). The van der Waals surface area contributed by atoms with Crippen molar-refractivity contribution in [3.8, 4) is 0 Å². The first kappa shape index (κ1) is 15.5. The zero-order chi connectivity index (χ0) is 13.9. The summed E-state index contributed by atoms with van der Waals surface area (Å²) in [5, 5.41) is 0.221. The van der Waals surface area contributed by atoms with Crippen LogP contribution >= 0.6 is 11.6 Å². The van der Waals surface area contributed by atoms with E-state index in [1.807, 2.05) is 0 Å². The molecule has 1 saturated heterocycles. The fourth-order valence-electron chi connectivity index (χ4n) is 3.09. The molecule has 1 saturated carbocycles. The molecule has 4 nitrogen and oxygen atoms in total.